The SMILES string of the molecule is CC(C)(C)c1ccc(COc2ccc(-c3cscn3)cc2N)cc1. The molecular weight excluding hydrogens is 316 g/mol. The summed E-state index contributed by atoms with van der Waals surface area (Å²) in [6, 6.07) is 14.4. The van der Waals surface area contributed by atoms with Gasteiger partial charge in [0.25, 0.3) is 0 Å². The van der Waals surface area contributed by atoms with Crippen LogP contribution in [0.5, 0.6) is 5.75 Å². The summed E-state index contributed by atoms with van der Waals surface area (Å²) in [5, 5.41) is 2.01. The van der Waals surface area contributed by atoms with E-state index in [1.165, 1.54) is 5.56 Å². The van der Waals surface area contributed by atoms with Crippen molar-refractivity contribution < 1.29 is 4.74 Å². The van der Waals surface area contributed by atoms with Crippen molar-refractivity contribution in [2.24, 2.45) is 0 Å². The van der Waals surface area contributed by atoms with Crippen LogP contribution in [0, 0.1) is 0 Å². The van der Waals surface area contributed by atoms with Crippen molar-refractivity contribution in [1.82, 2.24) is 4.98 Å². The molecule has 1 aromatic heterocycles. The Hall–Kier alpha value is -2.33. The average molecular weight is 338 g/mol. The number of nitrogens with two attached hydrogens (primary N) is 1. The van der Waals surface area contributed by atoms with Gasteiger partial charge in [0.1, 0.15) is 12.4 Å². The van der Waals surface area contributed by atoms with Crippen molar-refractivity contribution in [2.45, 2.75) is 32.8 Å². The van der Waals surface area contributed by atoms with Gasteiger partial charge >= 0.3 is 0 Å². The molecule has 0 saturated carbocycles. The van der Waals surface area contributed by atoms with Gasteiger partial charge in [-0.25, -0.2) is 4.98 Å². The first-order chi connectivity index (χ1) is 11.4. The number of anilines is 1. The minimum Gasteiger partial charge on any atom is -0.487 e. The summed E-state index contributed by atoms with van der Waals surface area (Å²) in [5.74, 6) is 0.703. The molecule has 2 N–H and O–H groups in total. The molecule has 3 aromatic rings. The van der Waals surface area contributed by atoms with Crippen LogP contribution in [0.15, 0.2) is 53.4 Å². The van der Waals surface area contributed by atoms with Crippen molar-refractivity contribution in [3.63, 3.8) is 0 Å². The number of aromatic nitrogens is 1. The first-order valence-electron chi connectivity index (χ1n) is 7.94. The third-order valence-electron chi connectivity index (χ3n) is 3.95. The average Bonchev–Trinajstić information content (AvgIpc) is 3.08. The highest BCUT2D eigenvalue weighted by Gasteiger charge is 2.13. The van der Waals surface area contributed by atoms with Crippen LogP contribution >= 0.6 is 11.3 Å². The molecule has 24 heavy (non-hydrogen) atoms. The van der Waals surface area contributed by atoms with E-state index in [0.717, 1.165) is 16.8 Å². The lowest BCUT2D eigenvalue weighted by Crippen LogP contribution is -2.10. The summed E-state index contributed by atoms with van der Waals surface area (Å²) >= 11 is 1.57. The molecule has 0 spiro atoms. The van der Waals surface area contributed by atoms with Gasteiger partial charge in [-0.2, -0.15) is 0 Å². The minimum atomic E-state index is 0.162. The third-order valence-corrected chi connectivity index (χ3v) is 4.54. The van der Waals surface area contributed by atoms with Gasteiger partial charge < -0.3 is 10.5 Å². The number of ether oxygens (including phenoxy) is 1. The van der Waals surface area contributed by atoms with Crippen LogP contribution in [0.1, 0.15) is 31.9 Å². The van der Waals surface area contributed by atoms with Crippen molar-refractivity contribution in [1.29, 1.82) is 0 Å². The van der Waals surface area contributed by atoms with Gasteiger partial charge in [-0.05, 0) is 34.7 Å². The number of nitrogen functional groups attached to an aromatic ring is 1. The molecule has 0 fully saturated rings. The van der Waals surface area contributed by atoms with E-state index in [1.807, 2.05) is 29.1 Å². The molecule has 3 rings (SSSR count). The van der Waals surface area contributed by atoms with Crippen LogP contribution < -0.4 is 10.5 Å². The predicted molar refractivity (Wildman–Crippen MR) is 101 cm³/mol. The Morgan fingerprint density at radius 1 is 1.08 bits per heavy atom. The molecule has 1 heterocycles. The van der Waals surface area contributed by atoms with E-state index in [2.05, 4.69) is 50.0 Å². The number of thiazole rings is 1. The van der Waals surface area contributed by atoms with E-state index in [9.17, 15) is 0 Å². The Labute approximate surface area is 147 Å². The van der Waals surface area contributed by atoms with Crippen LogP contribution in [0.25, 0.3) is 11.3 Å². The zero-order valence-electron chi connectivity index (χ0n) is 14.2. The molecule has 0 saturated heterocycles. The molecule has 0 aliphatic rings. The quantitative estimate of drug-likeness (QED) is 0.659. The van der Waals surface area contributed by atoms with Crippen LogP contribution in [0.3, 0.4) is 0 Å². The zero-order chi connectivity index (χ0) is 17.2. The van der Waals surface area contributed by atoms with Gasteiger partial charge in [0.05, 0.1) is 16.9 Å². The minimum absolute atomic E-state index is 0.162. The zero-order valence-corrected chi connectivity index (χ0v) is 15.1. The normalized spacial score (nSPS) is 11.5. The summed E-state index contributed by atoms with van der Waals surface area (Å²) in [7, 11) is 0. The summed E-state index contributed by atoms with van der Waals surface area (Å²) in [4.78, 5) is 4.30. The Bertz CT molecular complexity index is 803. The third kappa shape index (κ3) is 3.77. The Morgan fingerprint density at radius 3 is 2.42 bits per heavy atom. The highest BCUT2D eigenvalue weighted by atomic mass is 32.1. The second-order valence-corrected chi connectivity index (χ2v) is 7.58. The molecule has 0 radical (unpaired) electrons. The molecule has 0 amide bonds. The van der Waals surface area contributed by atoms with Gasteiger partial charge in [0, 0.05) is 10.9 Å². The standard InChI is InChI=1S/C20H22N2OS/c1-20(2,3)16-7-4-14(5-8-16)11-23-19-9-6-15(10-17(19)21)18-12-24-13-22-18/h4-10,12-13H,11,21H2,1-3H3. The van der Waals surface area contributed by atoms with Gasteiger partial charge in [0.2, 0.25) is 0 Å². The molecule has 0 unspecified atom stereocenters. The topological polar surface area (TPSA) is 48.1 Å². The fourth-order valence-corrected chi connectivity index (χ4v) is 3.02. The first kappa shape index (κ1) is 16.5. The molecule has 2 aromatic carbocycles. The smallest absolute Gasteiger partial charge is 0.142 e. The number of hydrogen-bond donors (Lipinski definition) is 1. The fraction of sp³-hybridized carbons (Fsp3) is 0.250. The monoisotopic (exact) mass is 338 g/mol. The maximum absolute atomic E-state index is 6.12. The summed E-state index contributed by atoms with van der Waals surface area (Å²) in [6.45, 7) is 7.14. The first-order valence-corrected chi connectivity index (χ1v) is 8.88. The Kier molecular flexibility index (Phi) is 4.58. The number of benzene rings is 2. The van der Waals surface area contributed by atoms with E-state index >= 15 is 0 Å². The van der Waals surface area contributed by atoms with Crippen molar-refractivity contribution in [3.05, 3.63) is 64.5 Å². The van der Waals surface area contributed by atoms with E-state index in [1.54, 1.807) is 11.3 Å². The van der Waals surface area contributed by atoms with E-state index in [4.69, 9.17) is 10.5 Å². The van der Waals surface area contributed by atoms with Crippen LogP contribution in [0.2, 0.25) is 0 Å². The summed E-state index contributed by atoms with van der Waals surface area (Å²) < 4.78 is 5.88. The summed E-state index contributed by atoms with van der Waals surface area (Å²) in [5.41, 5.74) is 13.1. The number of hydrogen-bond acceptors (Lipinski definition) is 4. The lowest BCUT2D eigenvalue weighted by Gasteiger charge is -2.19. The van der Waals surface area contributed by atoms with Gasteiger partial charge in [0.15, 0.2) is 0 Å². The van der Waals surface area contributed by atoms with Crippen LogP contribution in [0.4, 0.5) is 5.69 Å². The Balaban J connectivity index is 1.68. The molecule has 0 aliphatic carbocycles. The van der Waals surface area contributed by atoms with Crippen molar-refractivity contribution in [2.75, 3.05) is 5.73 Å². The van der Waals surface area contributed by atoms with E-state index in [0.29, 0.717) is 18.0 Å². The van der Waals surface area contributed by atoms with Gasteiger partial charge in [-0.3, -0.25) is 0 Å². The second kappa shape index (κ2) is 6.65. The fourth-order valence-electron chi connectivity index (χ4n) is 2.46. The van der Waals surface area contributed by atoms with Crippen molar-refractivity contribution >= 4 is 17.0 Å². The maximum atomic E-state index is 6.12. The molecular formula is C20H22N2OS. The van der Waals surface area contributed by atoms with Crippen molar-refractivity contribution in [3.8, 4) is 17.0 Å². The predicted octanol–water partition coefficient (Wildman–Crippen LogP) is 5.27. The van der Waals surface area contributed by atoms with Crippen LogP contribution in [-0.4, -0.2) is 4.98 Å². The van der Waals surface area contributed by atoms with Gasteiger partial charge in [-0.1, -0.05) is 45.0 Å². The lowest BCUT2D eigenvalue weighted by atomic mass is 9.87. The highest BCUT2D eigenvalue weighted by molar-refractivity contribution is 7.07. The Morgan fingerprint density at radius 2 is 1.83 bits per heavy atom. The maximum Gasteiger partial charge on any atom is 0.142 e. The molecule has 4 heteroatoms. The van der Waals surface area contributed by atoms with Crippen LogP contribution in [-0.2, 0) is 12.0 Å². The van der Waals surface area contributed by atoms with E-state index < -0.39 is 0 Å². The largest absolute Gasteiger partial charge is 0.487 e. The second-order valence-electron chi connectivity index (χ2n) is 6.86. The molecule has 124 valence electrons. The highest BCUT2D eigenvalue weighted by Crippen LogP contribution is 2.29. The molecule has 0 aliphatic heterocycles. The number of rotatable bonds is 4. The van der Waals surface area contributed by atoms with E-state index in [-0.39, 0.29) is 5.41 Å². The molecule has 3 nitrogen and oxygen atoms in total. The molecule has 0 bridgehead atoms. The number of nitrogens with zero attached hydrogens (tertiary/aromatic N) is 1. The molecule has 0 atom stereocenters. The van der Waals surface area contributed by atoms with Gasteiger partial charge in [-0.15, -0.1) is 11.3 Å². The lowest BCUT2D eigenvalue weighted by molar-refractivity contribution is 0.308. The summed E-state index contributed by atoms with van der Waals surface area (Å²) in [6.07, 6.45) is 0.